The predicted octanol–water partition coefficient (Wildman–Crippen LogP) is 1.41. The first kappa shape index (κ1) is 18.4. The number of hydrogen-bond acceptors (Lipinski definition) is 6. The van der Waals surface area contributed by atoms with Crippen LogP contribution in [-0.4, -0.2) is 46.4 Å². The summed E-state index contributed by atoms with van der Waals surface area (Å²) in [4.78, 5) is 34.5. The van der Waals surface area contributed by atoms with E-state index in [1.807, 2.05) is 0 Å². The van der Waals surface area contributed by atoms with E-state index < -0.39 is 36.2 Å². The lowest BCUT2D eigenvalue weighted by Gasteiger charge is -2.26. The molecule has 0 radical (unpaired) electrons. The van der Waals surface area contributed by atoms with E-state index in [1.54, 1.807) is 0 Å². The van der Waals surface area contributed by atoms with Crippen molar-refractivity contribution in [2.24, 2.45) is 0 Å². The van der Waals surface area contributed by atoms with E-state index in [0.717, 1.165) is 6.08 Å². The standard InChI is InChI=1S/C16H18O7/c1-4-13(18)22-10(3)14(9(2)17)23-16(21)12-8-6-5-7-11(12)15(19)20/h4-10,14,17H,1H2,2-3H3,(H,19,20). The molecule has 0 aliphatic rings. The molecule has 1 aromatic carbocycles. The first-order chi connectivity index (χ1) is 10.8. The Morgan fingerprint density at radius 1 is 1.13 bits per heavy atom. The highest BCUT2D eigenvalue weighted by molar-refractivity contribution is 6.02. The van der Waals surface area contributed by atoms with Crippen LogP contribution in [0.1, 0.15) is 34.6 Å². The van der Waals surface area contributed by atoms with Crippen LogP contribution in [0.25, 0.3) is 0 Å². The quantitative estimate of drug-likeness (QED) is 0.577. The van der Waals surface area contributed by atoms with E-state index in [2.05, 4.69) is 6.58 Å². The van der Waals surface area contributed by atoms with E-state index in [-0.39, 0.29) is 11.1 Å². The molecule has 23 heavy (non-hydrogen) atoms. The normalized spacial score (nSPS) is 14.2. The molecule has 7 nitrogen and oxygen atoms in total. The molecule has 0 saturated heterocycles. The van der Waals surface area contributed by atoms with Crippen LogP contribution in [0, 0.1) is 0 Å². The number of carbonyl (C=O) groups is 3. The van der Waals surface area contributed by atoms with Crippen LogP contribution in [-0.2, 0) is 14.3 Å². The summed E-state index contributed by atoms with van der Waals surface area (Å²) >= 11 is 0. The maximum atomic E-state index is 12.2. The van der Waals surface area contributed by atoms with Crippen molar-refractivity contribution < 1.29 is 34.1 Å². The van der Waals surface area contributed by atoms with Gasteiger partial charge in [-0.2, -0.15) is 0 Å². The molecule has 7 heteroatoms. The number of benzene rings is 1. The topological polar surface area (TPSA) is 110 Å². The van der Waals surface area contributed by atoms with E-state index in [1.165, 1.54) is 38.1 Å². The van der Waals surface area contributed by atoms with Crippen LogP contribution in [0.3, 0.4) is 0 Å². The molecule has 1 rings (SSSR count). The van der Waals surface area contributed by atoms with Crippen LogP contribution < -0.4 is 0 Å². The van der Waals surface area contributed by atoms with Gasteiger partial charge in [-0.05, 0) is 26.0 Å². The molecular formula is C16H18O7. The second-order valence-corrected chi connectivity index (χ2v) is 4.81. The van der Waals surface area contributed by atoms with Crippen molar-refractivity contribution in [3.63, 3.8) is 0 Å². The highest BCUT2D eigenvalue weighted by Gasteiger charge is 2.30. The van der Waals surface area contributed by atoms with Crippen LogP contribution in [0.5, 0.6) is 0 Å². The molecule has 0 bridgehead atoms. The Labute approximate surface area is 133 Å². The number of esters is 2. The fraction of sp³-hybridized carbons (Fsp3) is 0.312. The second kappa shape index (κ2) is 8.09. The number of ether oxygens (including phenoxy) is 2. The van der Waals surface area contributed by atoms with Crippen molar-refractivity contribution in [2.45, 2.75) is 32.2 Å². The van der Waals surface area contributed by atoms with Gasteiger partial charge in [-0.1, -0.05) is 18.7 Å². The molecule has 0 amide bonds. The monoisotopic (exact) mass is 322 g/mol. The minimum Gasteiger partial charge on any atom is -0.478 e. The third-order valence-electron chi connectivity index (χ3n) is 3.03. The van der Waals surface area contributed by atoms with Gasteiger partial charge in [-0.25, -0.2) is 14.4 Å². The molecule has 3 unspecified atom stereocenters. The summed E-state index contributed by atoms with van der Waals surface area (Å²) in [6, 6.07) is 5.52. The predicted molar refractivity (Wildman–Crippen MR) is 80.0 cm³/mol. The molecule has 0 saturated carbocycles. The average Bonchev–Trinajstić information content (AvgIpc) is 2.51. The SMILES string of the molecule is C=CC(=O)OC(C)C(OC(=O)c1ccccc1C(=O)O)C(C)O. The molecule has 0 fully saturated rings. The van der Waals surface area contributed by atoms with Gasteiger partial charge in [-0.15, -0.1) is 0 Å². The summed E-state index contributed by atoms with van der Waals surface area (Å²) in [5, 5.41) is 18.8. The summed E-state index contributed by atoms with van der Waals surface area (Å²) in [7, 11) is 0. The van der Waals surface area contributed by atoms with Crippen molar-refractivity contribution in [3.05, 3.63) is 48.0 Å². The van der Waals surface area contributed by atoms with Gasteiger partial charge in [0.1, 0.15) is 6.10 Å². The van der Waals surface area contributed by atoms with Crippen molar-refractivity contribution in [3.8, 4) is 0 Å². The largest absolute Gasteiger partial charge is 0.478 e. The zero-order valence-electron chi connectivity index (χ0n) is 12.8. The minimum absolute atomic E-state index is 0.159. The van der Waals surface area contributed by atoms with Gasteiger partial charge < -0.3 is 19.7 Å². The first-order valence-corrected chi connectivity index (χ1v) is 6.82. The van der Waals surface area contributed by atoms with Gasteiger partial charge in [0, 0.05) is 6.08 Å². The third-order valence-corrected chi connectivity index (χ3v) is 3.03. The van der Waals surface area contributed by atoms with Crippen LogP contribution in [0.15, 0.2) is 36.9 Å². The minimum atomic E-state index is -1.28. The summed E-state index contributed by atoms with van der Waals surface area (Å²) in [6.07, 6.45) is -2.30. The van der Waals surface area contributed by atoms with E-state index in [0.29, 0.717) is 0 Å². The molecule has 2 N–H and O–H groups in total. The van der Waals surface area contributed by atoms with Gasteiger partial charge in [-0.3, -0.25) is 0 Å². The maximum Gasteiger partial charge on any atom is 0.339 e. The fourth-order valence-corrected chi connectivity index (χ4v) is 1.92. The molecule has 124 valence electrons. The molecular weight excluding hydrogens is 304 g/mol. The molecule has 1 aromatic rings. The van der Waals surface area contributed by atoms with Crippen molar-refractivity contribution in [2.75, 3.05) is 0 Å². The zero-order valence-corrected chi connectivity index (χ0v) is 12.8. The second-order valence-electron chi connectivity index (χ2n) is 4.81. The Morgan fingerprint density at radius 3 is 2.17 bits per heavy atom. The molecule has 0 aliphatic carbocycles. The Balaban J connectivity index is 2.97. The Hall–Kier alpha value is -2.67. The van der Waals surface area contributed by atoms with Crippen molar-refractivity contribution >= 4 is 17.9 Å². The summed E-state index contributed by atoms with van der Waals surface area (Å²) in [5.41, 5.74) is -0.384. The van der Waals surface area contributed by atoms with E-state index in [9.17, 15) is 19.5 Å². The highest BCUT2D eigenvalue weighted by atomic mass is 16.6. The van der Waals surface area contributed by atoms with Crippen LogP contribution in [0.2, 0.25) is 0 Å². The van der Waals surface area contributed by atoms with Crippen LogP contribution in [0.4, 0.5) is 0 Å². The van der Waals surface area contributed by atoms with Crippen LogP contribution >= 0.6 is 0 Å². The summed E-state index contributed by atoms with van der Waals surface area (Å²) in [6.45, 7) is 6.05. The van der Waals surface area contributed by atoms with Gasteiger partial charge in [0.05, 0.1) is 17.2 Å². The lowest BCUT2D eigenvalue weighted by molar-refractivity contribution is -0.152. The maximum absolute atomic E-state index is 12.2. The molecule has 0 aromatic heterocycles. The lowest BCUT2D eigenvalue weighted by Crippen LogP contribution is -2.40. The molecule has 3 atom stereocenters. The zero-order chi connectivity index (χ0) is 17.6. The fourth-order valence-electron chi connectivity index (χ4n) is 1.92. The number of carboxylic acids is 1. The summed E-state index contributed by atoms with van der Waals surface area (Å²) in [5.74, 6) is -2.95. The Kier molecular flexibility index (Phi) is 6.47. The number of aliphatic hydroxyl groups is 1. The molecule has 0 heterocycles. The third kappa shape index (κ3) is 4.93. The molecule has 0 aliphatic heterocycles. The number of rotatable bonds is 7. The lowest BCUT2D eigenvalue weighted by atomic mass is 10.1. The van der Waals surface area contributed by atoms with Crippen molar-refractivity contribution in [1.29, 1.82) is 0 Å². The Bertz CT molecular complexity index is 606. The highest BCUT2D eigenvalue weighted by Crippen LogP contribution is 2.16. The van der Waals surface area contributed by atoms with Crippen molar-refractivity contribution in [1.82, 2.24) is 0 Å². The number of hydrogen-bond donors (Lipinski definition) is 2. The van der Waals surface area contributed by atoms with Gasteiger partial charge in [0.2, 0.25) is 0 Å². The van der Waals surface area contributed by atoms with Gasteiger partial charge >= 0.3 is 17.9 Å². The van der Waals surface area contributed by atoms with Gasteiger partial charge in [0.25, 0.3) is 0 Å². The Morgan fingerprint density at radius 2 is 1.70 bits per heavy atom. The first-order valence-electron chi connectivity index (χ1n) is 6.82. The van der Waals surface area contributed by atoms with E-state index in [4.69, 9.17) is 14.6 Å². The average molecular weight is 322 g/mol. The number of carbonyl (C=O) groups excluding carboxylic acids is 2. The number of aromatic carboxylic acids is 1. The van der Waals surface area contributed by atoms with E-state index >= 15 is 0 Å². The molecule has 0 spiro atoms. The number of aliphatic hydroxyl groups excluding tert-OH is 1. The number of carboxylic acid groups (broad SMARTS) is 1. The van der Waals surface area contributed by atoms with Gasteiger partial charge in [0.15, 0.2) is 6.10 Å². The summed E-state index contributed by atoms with van der Waals surface area (Å²) < 4.78 is 10.1. The smallest absolute Gasteiger partial charge is 0.339 e.